The van der Waals surface area contributed by atoms with Crippen molar-refractivity contribution in [3.63, 3.8) is 0 Å². The van der Waals surface area contributed by atoms with E-state index in [2.05, 4.69) is 10.3 Å². The van der Waals surface area contributed by atoms with Crippen molar-refractivity contribution >= 4 is 40.5 Å². The molecule has 98 valence electrons. The minimum Gasteiger partial charge on any atom is -0.478 e. The molecule has 0 unspecified atom stereocenters. The molecule has 1 amide bonds. The predicted molar refractivity (Wildman–Crippen MR) is 73.2 cm³/mol. The molecule has 19 heavy (non-hydrogen) atoms. The highest BCUT2D eigenvalue weighted by molar-refractivity contribution is 7.12. The molecule has 0 saturated carbocycles. The molecule has 2 aromatic rings. The van der Waals surface area contributed by atoms with Crippen LogP contribution in [0.4, 0.5) is 5.69 Å². The lowest BCUT2D eigenvalue weighted by atomic mass is 10.1. The van der Waals surface area contributed by atoms with E-state index in [-0.39, 0.29) is 11.3 Å². The topological polar surface area (TPSA) is 79.3 Å². The minimum absolute atomic E-state index is 0.0140. The Morgan fingerprint density at radius 2 is 2.16 bits per heavy atom. The number of aryl methyl sites for hydroxylation is 1. The van der Waals surface area contributed by atoms with Crippen LogP contribution in [0.25, 0.3) is 0 Å². The molecule has 1 aromatic carbocycles. The van der Waals surface area contributed by atoms with Gasteiger partial charge in [-0.15, -0.1) is 11.3 Å². The van der Waals surface area contributed by atoms with E-state index in [9.17, 15) is 9.59 Å². The number of rotatable bonds is 3. The van der Waals surface area contributed by atoms with Crippen LogP contribution >= 0.6 is 22.9 Å². The largest absolute Gasteiger partial charge is 0.478 e. The Labute approximate surface area is 117 Å². The summed E-state index contributed by atoms with van der Waals surface area (Å²) in [6.45, 7) is 1.71. The van der Waals surface area contributed by atoms with Crippen LogP contribution < -0.4 is 5.32 Å². The Balaban J connectivity index is 2.33. The van der Waals surface area contributed by atoms with Crippen molar-refractivity contribution < 1.29 is 14.7 Å². The maximum absolute atomic E-state index is 12.0. The summed E-state index contributed by atoms with van der Waals surface area (Å²) < 4.78 is 0. The molecule has 0 fully saturated rings. The molecule has 0 atom stereocenters. The first-order chi connectivity index (χ1) is 8.99. The highest BCUT2D eigenvalue weighted by Crippen LogP contribution is 2.23. The van der Waals surface area contributed by atoms with E-state index < -0.39 is 11.9 Å². The van der Waals surface area contributed by atoms with Crippen molar-refractivity contribution in [1.82, 2.24) is 4.98 Å². The monoisotopic (exact) mass is 296 g/mol. The number of nitrogens with one attached hydrogen (secondary N) is 1. The lowest BCUT2D eigenvalue weighted by Gasteiger charge is -2.08. The number of aromatic nitrogens is 1. The van der Waals surface area contributed by atoms with Crippen molar-refractivity contribution in [2.75, 3.05) is 5.32 Å². The zero-order chi connectivity index (χ0) is 14.0. The fraction of sp³-hybridized carbons (Fsp3) is 0.0833. The highest BCUT2D eigenvalue weighted by Gasteiger charge is 2.16. The second-order valence-corrected chi connectivity index (χ2v) is 5.01. The molecule has 0 aliphatic rings. The lowest BCUT2D eigenvalue weighted by Crippen LogP contribution is -2.14. The number of carbonyl (C=O) groups excluding carboxylic acids is 1. The first kappa shape index (κ1) is 13.5. The second kappa shape index (κ2) is 5.38. The third-order valence-corrected chi connectivity index (χ3v) is 3.57. The van der Waals surface area contributed by atoms with Crippen LogP contribution in [-0.4, -0.2) is 22.0 Å². The molecule has 0 spiro atoms. The molecule has 0 aliphatic carbocycles. The van der Waals surface area contributed by atoms with Gasteiger partial charge < -0.3 is 10.4 Å². The molecule has 0 saturated heterocycles. The van der Waals surface area contributed by atoms with Gasteiger partial charge in [0.2, 0.25) is 0 Å². The number of halogens is 1. The summed E-state index contributed by atoms with van der Waals surface area (Å²) in [5, 5.41) is 11.9. The van der Waals surface area contributed by atoms with Crippen molar-refractivity contribution in [3.8, 4) is 0 Å². The normalized spacial score (nSPS) is 10.2. The number of benzene rings is 1. The van der Waals surface area contributed by atoms with Gasteiger partial charge in [-0.1, -0.05) is 11.6 Å². The standard InChI is InChI=1S/C12H9ClN2O3S/c1-6-10(19-5-14-6)11(16)15-9-4-7(13)2-3-8(9)12(17)18/h2-5H,1H3,(H,15,16)(H,17,18). The zero-order valence-corrected chi connectivity index (χ0v) is 11.4. The Kier molecular flexibility index (Phi) is 3.82. The average Bonchev–Trinajstić information content (AvgIpc) is 2.75. The summed E-state index contributed by atoms with van der Waals surface area (Å²) in [6.07, 6.45) is 0. The van der Waals surface area contributed by atoms with E-state index >= 15 is 0 Å². The summed E-state index contributed by atoms with van der Waals surface area (Å²) >= 11 is 7.00. The molecule has 0 bridgehead atoms. The zero-order valence-electron chi connectivity index (χ0n) is 9.81. The van der Waals surface area contributed by atoms with Gasteiger partial charge in [-0.2, -0.15) is 0 Å². The van der Waals surface area contributed by atoms with E-state index in [0.29, 0.717) is 15.6 Å². The van der Waals surface area contributed by atoms with Gasteiger partial charge in [-0.3, -0.25) is 4.79 Å². The molecule has 2 rings (SSSR count). The van der Waals surface area contributed by atoms with Crippen LogP contribution in [0.3, 0.4) is 0 Å². The summed E-state index contributed by atoms with van der Waals surface area (Å²) in [5.74, 6) is -1.53. The maximum Gasteiger partial charge on any atom is 0.337 e. The van der Waals surface area contributed by atoms with Gasteiger partial charge in [0, 0.05) is 5.02 Å². The van der Waals surface area contributed by atoms with E-state index in [4.69, 9.17) is 16.7 Å². The van der Waals surface area contributed by atoms with Gasteiger partial charge in [-0.05, 0) is 25.1 Å². The molecule has 5 nitrogen and oxygen atoms in total. The number of hydrogen-bond acceptors (Lipinski definition) is 4. The van der Waals surface area contributed by atoms with Gasteiger partial charge in [0.15, 0.2) is 0 Å². The first-order valence-electron chi connectivity index (χ1n) is 5.23. The number of carbonyl (C=O) groups is 2. The molecule has 2 N–H and O–H groups in total. The first-order valence-corrected chi connectivity index (χ1v) is 6.49. The SMILES string of the molecule is Cc1ncsc1C(=O)Nc1cc(Cl)ccc1C(=O)O. The Hall–Kier alpha value is -1.92. The Bertz CT molecular complexity index is 654. The van der Waals surface area contributed by atoms with Crippen LogP contribution in [-0.2, 0) is 0 Å². The van der Waals surface area contributed by atoms with Gasteiger partial charge >= 0.3 is 5.97 Å². The van der Waals surface area contributed by atoms with E-state index in [1.807, 2.05) is 0 Å². The third-order valence-electron chi connectivity index (χ3n) is 2.41. The van der Waals surface area contributed by atoms with Crippen LogP contribution in [0.15, 0.2) is 23.7 Å². The fourth-order valence-corrected chi connectivity index (χ4v) is 2.37. The van der Waals surface area contributed by atoms with Crippen LogP contribution in [0, 0.1) is 6.92 Å². The third kappa shape index (κ3) is 2.91. The maximum atomic E-state index is 12.0. The number of thiazole rings is 1. The Morgan fingerprint density at radius 3 is 2.74 bits per heavy atom. The highest BCUT2D eigenvalue weighted by atomic mass is 35.5. The van der Waals surface area contributed by atoms with Crippen LogP contribution in [0.5, 0.6) is 0 Å². The lowest BCUT2D eigenvalue weighted by molar-refractivity contribution is 0.0698. The minimum atomic E-state index is -1.13. The molecule has 0 aliphatic heterocycles. The van der Waals surface area contributed by atoms with Crippen molar-refractivity contribution in [3.05, 3.63) is 44.9 Å². The van der Waals surface area contributed by atoms with Gasteiger partial charge in [0.05, 0.1) is 22.5 Å². The number of hydrogen-bond donors (Lipinski definition) is 2. The molecular formula is C12H9ClN2O3S. The van der Waals surface area contributed by atoms with E-state index in [1.54, 1.807) is 12.4 Å². The number of anilines is 1. The number of aromatic carboxylic acids is 1. The summed E-state index contributed by atoms with van der Waals surface area (Å²) in [6, 6.07) is 4.21. The molecule has 0 radical (unpaired) electrons. The van der Waals surface area contributed by atoms with Crippen LogP contribution in [0.1, 0.15) is 25.7 Å². The summed E-state index contributed by atoms with van der Waals surface area (Å²) in [4.78, 5) is 27.5. The smallest absolute Gasteiger partial charge is 0.337 e. The quantitative estimate of drug-likeness (QED) is 0.912. The number of carboxylic acids is 1. The summed E-state index contributed by atoms with van der Waals surface area (Å²) in [7, 11) is 0. The average molecular weight is 297 g/mol. The second-order valence-electron chi connectivity index (χ2n) is 3.72. The fourth-order valence-electron chi connectivity index (χ4n) is 1.51. The van der Waals surface area contributed by atoms with E-state index in [1.165, 1.54) is 29.5 Å². The molecule has 1 aromatic heterocycles. The molecule has 7 heteroatoms. The van der Waals surface area contributed by atoms with Gasteiger partial charge in [0.25, 0.3) is 5.91 Å². The number of nitrogens with zero attached hydrogens (tertiary/aromatic N) is 1. The summed E-state index contributed by atoms with van der Waals surface area (Å²) in [5.41, 5.74) is 2.31. The van der Waals surface area contributed by atoms with Crippen LogP contribution in [0.2, 0.25) is 5.02 Å². The van der Waals surface area contributed by atoms with Gasteiger partial charge in [-0.25, -0.2) is 9.78 Å². The molecule has 1 heterocycles. The van der Waals surface area contributed by atoms with Crippen molar-refractivity contribution in [2.45, 2.75) is 6.92 Å². The number of carboxylic acid groups (broad SMARTS) is 1. The predicted octanol–water partition coefficient (Wildman–Crippen LogP) is 3.06. The Morgan fingerprint density at radius 1 is 1.42 bits per heavy atom. The number of amides is 1. The van der Waals surface area contributed by atoms with Crippen molar-refractivity contribution in [2.24, 2.45) is 0 Å². The van der Waals surface area contributed by atoms with E-state index in [0.717, 1.165) is 0 Å². The molecular weight excluding hydrogens is 288 g/mol. The van der Waals surface area contributed by atoms with Crippen molar-refractivity contribution in [1.29, 1.82) is 0 Å². The van der Waals surface area contributed by atoms with Gasteiger partial charge in [0.1, 0.15) is 4.88 Å².